The van der Waals surface area contributed by atoms with E-state index >= 15 is 0 Å². The third kappa shape index (κ3) is 3.19. The Morgan fingerprint density at radius 2 is 2.05 bits per heavy atom. The molecule has 7 heteroatoms. The summed E-state index contributed by atoms with van der Waals surface area (Å²) >= 11 is 0. The SMILES string of the molecule is CC(C)CN1CCCC12CCN([C@@H](CO)C(N)=O)C2=O.S. The van der Waals surface area contributed by atoms with Crippen LogP contribution in [0.25, 0.3) is 0 Å². The Kier molecular flexibility index (Phi) is 6.07. The van der Waals surface area contributed by atoms with Gasteiger partial charge in [-0.1, -0.05) is 13.8 Å². The van der Waals surface area contributed by atoms with Crippen molar-refractivity contribution in [3.8, 4) is 0 Å². The molecule has 0 aromatic rings. The predicted octanol–water partition coefficient (Wildman–Crippen LogP) is -0.332. The van der Waals surface area contributed by atoms with Gasteiger partial charge in [0.2, 0.25) is 11.8 Å². The maximum atomic E-state index is 12.8. The first kappa shape index (κ1) is 18.3. The lowest BCUT2D eigenvalue weighted by molar-refractivity contribution is -0.143. The van der Waals surface area contributed by atoms with E-state index in [1.54, 1.807) is 0 Å². The predicted molar refractivity (Wildman–Crippen MR) is 85.2 cm³/mol. The normalized spacial score (nSPS) is 27.4. The molecule has 3 N–H and O–H groups in total. The molecule has 2 heterocycles. The average Bonchev–Trinajstić information content (AvgIpc) is 2.89. The van der Waals surface area contributed by atoms with Crippen LogP contribution < -0.4 is 5.73 Å². The van der Waals surface area contributed by atoms with E-state index in [1.165, 1.54) is 4.90 Å². The number of hydrogen-bond acceptors (Lipinski definition) is 4. The number of amides is 2. The van der Waals surface area contributed by atoms with Gasteiger partial charge in [-0.3, -0.25) is 14.5 Å². The van der Waals surface area contributed by atoms with Gasteiger partial charge in [0.15, 0.2) is 0 Å². The molecular formula is C14H27N3O3S. The number of aliphatic hydroxyl groups is 1. The summed E-state index contributed by atoms with van der Waals surface area (Å²) < 4.78 is 0. The minimum atomic E-state index is -0.886. The number of carbonyl (C=O) groups is 2. The summed E-state index contributed by atoms with van der Waals surface area (Å²) in [6, 6.07) is -0.886. The van der Waals surface area contributed by atoms with Gasteiger partial charge in [-0.25, -0.2) is 0 Å². The van der Waals surface area contributed by atoms with E-state index < -0.39 is 24.1 Å². The molecule has 0 radical (unpaired) electrons. The highest BCUT2D eigenvalue weighted by Gasteiger charge is 2.54. The molecule has 122 valence electrons. The van der Waals surface area contributed by atoms with Crippen LogP contribution >= 0.6 is 13.5 Å². The molecule has 0 aromatic carbocycles. The van der Waals surface area contributed by atoms with E-state index in [0.717, 1.165) is 32.4 Å². The number of nitrogens with zero attached hydrogens (tertiary/aromatic N) is 2. The molecule has 1 spiro atoms. The van der Waals surface area contributed by atoms with Crippen LogP contribution in [-0.2, 0) is 9.59 Å². The lowest BCUT2D eigenvalue weighted by Gasteiger charge is -2.35. The molecule has 2 saturated heterocycles. The van der Waals surface area contributed by atoms with Gasteiger partial charge in [-0.15, -0.1) is 0 Å². The molecule has 6 nitrogen and oxygen atoms in total. The van der Waals surface area contributed by atoms with Crippen molar-refractivity contribution in [2.75, 3.05) is 26.2 Å². The molecule has 2 fully saturated rings. The van der Waals surface area contributed by atoms with E-state index in [2.05, 4.69) is 18.7 Å². The van der Waals surface area contributed by atoms with E-state index in [9.17, 15) is 14.7 Å². The number of carbonyl (C=O) groups excluding carboxylic acids is 2. The average molecular weight is 317 g/mol. The number of aliphatic hydroxyl groups excluding tert-OH is 1. The number of primary amides is 1. The summed E-state index contributed by atoms with van der Waals surface area (Å²) in [5.74, 6) is -0.170. The Morgan fingerprint density at radius 1 is 1.38 bits per heavy atom. The Balaban J connectivity index is 0.00000220. The fraction of sp³-hybridized carbons (Fsp3) is 0.857. The minimum absolute atomic E-state index is 0. The van der Waals surface area contributed by atoms with Crippen molar-refractivity contribution < 1.29 is 14.7 Å². The second kappa shape index (κ2) is 6.98. The third-order valence-electron chi connectivity index (χ3n) is 4.51. The van der Waals surface area contributed by atoms with Crippen molar-refractivity contribution in [3.05, 3.63) is 0 Å². The lowest BCUT2D eigenvalue weighted by Crippen LogP contribution is -2.55. The fourth-order valence-corrected chi connectivity index (χ4v) is 3.59. The monoisotopic (exact) mass is 317 g/mol. The van der Waals surface area contributed by atoms with Crippen LogP contribution in [0.5, 0.6) is 0 Å². The van der Waals surface area contributed by atoms with Gasteiger partial charge >= 0.3 is 0 Å². The van der Waals surface area contributed by atoms with Gasteiger partial charge in [0, 0.05) is 13.1 Å². The fourth-order valence-electron chi connectivity index (χ4n) is 3.59. The Bertz CT molecular complexity index is 405. The first-order chi connectivity index (χ1) is 9.42. The highest BCUT2D eigenvalue weighted by Crippen LogP contribution is 2.39. The molecule has 2 aliphatic heterocycles. The molecule has 2 rings (SSSR count). The second-order valence-corrected chi connectivity index (χ2v) is 6.32. The van der Waals surface area contributed by atoms with Gasteiger partial charge in [-0.2, -0.15) is 13.5 Å². The molecule has 0 aliphatic carbocycles. The first-order valence-electron chi connectivity index (χ1n) is 7.38. The van der Waals surface area contributed by atoms with E-state index in [-0.39, 0.29) is 19.4 Å². The maximum absolute atomic E-state index is 12.8. The minimum Gasteiger partial charge on any atom is -0.394 e. The number of likely N-dealkylation sites (tertiary alicyclic amines) is 2. The number of hydrogen-bond donors (Lipinski definition) is 2. The largest absolute Gasteiger partial charge is 0.394 e. The van der Waals surface area contributed by atoms with Crippen molar-refractivity contribution in [2.24, 2.45) is 11.7 Å². The van der Waals surface area contributed by atoms with Crippen molar-refractivity contribution in [1.29, 1.82) is 0 Å². The van der Waals surface area contributed by atoms with Crippen LogP contribution in [0, 0.1) is 5.92 Å². The van der Waals surface area contributed by atoms with Crippen LogP contribution in [0.1, 0.15) is 33.1 Å². The smallest absolute Gasteiger partial charge is 0.243 e. The topological polar surface area (TPSA) is 86.9 Å². The van der Waals surface area contributed by atoms with Gasteiger partial charge < -0.3 is 15.7 Å². The molecule has 2 atom stereocenters. The number of rotatable bonds is 5. The van der Waals surface area contributed by atoms with E-state index in [1.807, 2.05) is 0 Å². The molecule has 1 unspecified atom stereocenters. The maximum Gasteiger partial charge on any atom is 0.243 e. The van der Waals surface area contributed by atoms with E-state index in [0.29, 0.717) is 12.5 Å². The molecule has 0 bridgehead atoms. The van der Waals surface area contributed by atoms with Crippen LogP contribution in [0.4, 0.5) is 0 Å². The molecule has 2 amide bonds. The molecule has 21 heavy (non-hydrogen) atoms. The first-order valence-corrected chi connectivity index (χ1v) is 7.38. The zero-order chi connectivity index (χ0) is 14.9. The summed E-state index contributed by atoms with van der Waals surface area (Å²) in [7, 11) is 0. The highest BCUT2D eigenvalue weighted by molar-refractivity contribution is 7.59. The Hall–Kier alpha value is -0.790. The van der Waals surface area contributed by atoms with Crippen molar-refractivity contribution >= 4 is 25.3 Å². The highest BCUT2D eigenvalue weighted by atomic mass is 32.1. The van der Waals surface area contributed by atoms with Crippen molar-refractivity contribution in [1.82, 2.24) is 9.80 Å². The summed E-state index contributed by atoms with van der Waals surface area (Å²) in [5, 5.41) is 9.31. The summed E-state index contributed by atoms with van der Waals surface area (Å²) in [4.78, 5) is 27.9. The molecule has 2 aliphatic rings. The third-order valence-corrected chi connectivity index (χ3v) is 4.51. The second-order valence-electron chi connectivity index (χ2n) is 6.32. The molecular weight excluding hydrogens is 290 g/mol. The van der Waals surface area contributed by atoms with Gasteiger partial charge in [0.05, 0.1) is 6.61 Å². The standard InChI is InChI=1S/C14H25N3O3.H2S/c1-10(2)8-16-6-3-4-14(16)5-7-17(13(14)20)11(9-18)12(15)19;/h10-11,18H,3-9H2,1-2H3,(H2,15,19);1H2/t11-,14?;/m0./s1. The van der Waals surface area contributed by atoms with Crippen LogP contribution in [0.3, 0.4) is 0 Å². The van der Waals surface area contributed by atoms with Crippen LogP contribution in [0.2, 0.25) is 0 Å². The van der Waals surface area contributed by atoms with Crippen LogP contribution in [0.15, 0.2) is 0 Å². The van der Waals surface area contributed by atoms with Crippen molar-refractivity contribution in [2.45, 2.75) is 44.7 Å². The molecule has 0 aromatic heterocycles. The summed E-state index contributed by atoms with van der Waals surface area (Å²) in [6.07, 6.45) is 2.57. The Labute approximate surface area is 133 Å². The van der Waals surface area contributed by atoms with Gasteiger partial charge in [-0.05, 0) is 31.7 Å². The Morgan fingerprint density at radius 3 is 2.57 bits per heavy atom. The van der Waals surface area contributed by atoms with E-state index in [4.69, 9.17) is 5.73 Å². The van der Waals surface area contributed by atoms with Crippen molar-refractivity contribution in [3.63, 3.8) is 0 Å². The zero-order valence-corrected chi connectivity index (χ0v) is 13.8. The van der Waals surface area contributed by atoms with Gasteiger partial charge in [0.1, 0.15) is 11.6 Å². The molecule has 0 saturated carbocycles. The summed E-state index contributed by atoms with van der Waals surface area (Å²) in [6.45, 7) is 6.20. The zero-order valence-electron chi connectivity index (χ0n) is 12.8. The lowest BCUT2D eigenvalue weighted by atomic mass is 9.93. The number of nitrogens with two attached hydrogens (primary N) is 1. The summed E-state index contributed by atoms with van der Waals surface area (Å²) in [5.41, 5.74) is 4.82. The quantitative estimate of drug-likeness (QED) is 0.727. The van der Waals surface area contributed by atoms with Crippen LogP contribution in [-0.4, -0.2) is 64.5 Å². The van der Waals surface area contributed by atoms with Gasteiger partial charge in [0.25, 0.3) is 0 Å².